The minimum atomic E-state index is 1.17. The zero-order valence-corrected chi connectivity index (χ0v) is 6.63. The number of hydrogen-bond donors (Lipinski definition) is 2. The second-order valence-electron chi connectivity index (χ2n) is 1.83. The fourth-order valence-electron chi connectivity index (χ4n) is 0.479. The van der Waals surface area contributed by atoms with Crippen molar-refractivity contribution >= 4 is 0 Å². The zero-order chi connectivity index (χ0) is 8.24. The van der Waals surface area contributed by atoms with Gasteiger partial charge in [-0.3, -0.25) is 0 Å². The lowest BCUT2D eigenvalue weighted by atomic mass is 10.4. The first-order chi connectivity index (χ1) is 4.83. The average Bonchev–Trinajstić information content (AvgIpc) is 1.91. The van der Waals surface area contributed by atoms with Crippen molar-refractivity contribution in [1.29, 1.82) is 0 Å². The van der Waals surface area contributed by atoms with Gasteiger partial charge < -0.3 is 10.5 Å². The van der Waals surface area contributed by atoms with Crippen LogP contribution < -0.4 is 5.32 Å². The van der Waals surface area contributed by atoms with Crippen LogP contribution in [0.2, 0.25) is 0 Å². The Bertz CT molecular complexity index is 55.7. The SMILES string of the molecule is CCCNCCC.O=NO. The van der Waals surface area contributed by atoms with Crippen molar-refractivity contribution < 1.29 is 5.21 Å². The Kier molecular flexibility index (Phi) is 19.0. The first-order valence-electron chi connectivity index (χ1n) is 3.50. The van der Waals surface area contributed by atoms with E-state index in [1.807, 2.05) is 0 Å². The fourth-order valence-corrected chi connectivity index (χ4v) is 0.479. The van der Waals surface area contributed by atoms with Gasteiger partial charge in [-0.25, -0.2) is 0 Å². The Morgan fingerprint density at radius 2 is 1.60 bits per heavy atom. The molecule has 4 nitrogen and oxygen atoms in total. The number of hydrogen-bond acceptors (Lipinski definition) is 3. The van der Waals surface area contributed by atoms with Gasteiger partial charge in [0.05, 0.1) is 0 Å². The molecule has 2 N–H and O–H groups in total. The summed E-state index contributed by atoms with van der Waals surface area (Å²) in [6, 6.07) is 0. The molecular formula is C6H16N2O2. The summed E-state index contributed by atoms with van der Waals surface area (Å²) < 4.78 is 0. The van der Waals surface area contributed by atoms with Gasteiger partial charge in [-0.05, 0) is 25.9 Å². The minimum Gasteiger partial charge on any atom is -0.379 e. The molecule has 0 rings (SSSR count). The van der Waals surface area contributed by atoms with E-state index in [1.165, 1.54) is 31.3 Å². The third-order valence-electron chi connectivity index (χ3n) is 0.854. The summed E-state index contributed by atoms with van der Waals surface area (Å²) in [6.45, 7) is 6.72. The molecule has 0 saturated carbocycles. The molecule has 0 atom stereocenters. The molecule has 62 valence electrons. The van der Waals surface area contributed by atoms with Crippen molar-refractivity contribution in [2.45, 2.75) is 26.7 Å². The van der Waals surface area contributed by atoms with Gasteiger partial charge in [0.1, 0.15) is 0 Å². The lowest BCUT2D eigenvalue weighted by Gasteiger charge is -1.95. The number of nitrogens with zero attached hydrogens (tertiary/aromatic N) is 1. The highest BCUT2D eigenvalue weighted by atomic mass is 16.6. The summed E-state index contributed by atoms with van der Waals surface area (Å²) >= 11 is 0. The van der Waals surface area contributed by atoms with Gasteiger partial charge in [0.2, 0.25) is 0 Å². The minimum absolute atomic E-state index is 1.17. The summed E-state index contributed by atoms with van der Waals surface area (Å²) in [6.07, 6.45) is 2.50. The van der Waals surface area contributed by atoms with Crippen molar-refractivity contribution in [1.82, 2.24) is 5.32 Å². The second kappa shape index (κ2) is 15.8. The fraction of sp³-hybridized carbons (Fsp3) is 1.00. The molecule has 0 aromatic heterocycles. The van der Waals surface area contributed by atoms with Gasteiger partial charge in [-0.2, -0.15) is 0 Å². The maximum Gasteiger partial charge on any atom is 0.152 e. The normalized spacial score (nSPS) is 7.80. The molecule has 0 spiro atoms. The first kappa shape index (κ1) is 12.1. The van der Waals surface area contributed by atoms with Crippen LogP contribution in [0.4, 0.5) is 0 Å². The van der Waals surface area contributed by atoms with E-state index < -0.39 is 0 Å². The van der Waals surface area contributed by atoms with Crippen LogP contribution in [0, 0.1) is 4.91 Å². The van der Waals surface area contributed by atoms with Crippen molar-refractivity contribution in [2.24, 2.45) is 5.34 Å². The molecule has 0 fully saturated rings. The van der Waals surface area contributed by atoms with Crippen molar-refractivity contribution in [3.8, 4) is 0 Å². The van der Waals surface area contributed by atoms with Crippen molar-refractivity contribution in [3.05, 3.63) is 4.91 Å². The molecule has 0 aliphatic heterocycles. The van der Waals surface area contributed by atoms with Gasteiger partial charge in [-0.1, -0.05) is 13.8 Å². The van der Waals surface area contributed by atoms with Gasteiger partial charge >= 0.3 is 0 Å². The number of nitrogens with one attached hydrogen (secondary N) is 1. The smallest absolute Gasteiger partial charge is 0.152 e. The largest absolute Gasteiger partial charge is 0.379 e. The van der Waals surface area contributed by atoms with Crippen LogP contribution >= 0.6 is 0 Å². The third-order valence-corrected chi connectivity index (χ3v) is 0.854. The molecule has 0 radical (unpaired) electrons. The third kappa shape index (κ3) is 26.4. The summed E-state index contributed by atoms with van der Waals surface area (Å²) in [5.74, 6) is 0. The molecule has 0 bridgehead atoms. The van der Waals surface area contributed by atoms with E-state index in [2.05, 4.69) is 19.2 Å². The maximum absolute atomic E-state index is 8.11. The van der Waals surface area contributed by atoms with Crippen molar-refractivity contribution in [3.63, 3.8) is 0 Å². The number of rotatable bonds is 4. The summed E-state index contributed by atoms with van der Waals surface area (Å²) in [5.41, 5.74) is 0. The van der Waals surface area contributed by atoms with Crippen LogP contribution in [0.1, 0.15) is 26.7 Å². The molecule has 10 heavy (non-hydrogen) atoms. The topological polar surface area (TPSA) is 61.7 Å². The molecule has 0 aliphatic carbocycles. The van der Waals surface area contributed by atoms with Crippen LogP contribution in [0.25, 0.3) is 0 Å². The molecule has 0 unspecified atom stereocenters. The summed E-state index contributed by atoms with van der Waals surface area (Å²) in [5, 5.41) is 11.2. The van der Waals surface area contributed by atoms with E-state index in [0.29, 0.717) is 0 Å². The molecule has 0 aliphatic rings. The summed E-state index contributed by atoms with van der Waals surface area (Å²) in [7, 11) is 0. The van der Waals surface area contributed by atoms with Crippen LogP contribution in [0.5, 0.6) is 0 Å². The van der Waals surface area contributed by atoms with E-state index in [0.717, 1.165) is 0 Å². The van der Waals surface area contributed by atoms with Crippen LogP contribution in [-0.4, -0.2) is 18.3 Å². The molecule has 0 heterocycles. The lowest BCUT2D eigenvalue weighted by molar-refractivity contribution is 0.312. The van der Waals surface area contributed by atoms with Gasteiger partial charge in [0.15, 0.2) is 5.34 Å². The monoisotopic (exact) mass is 148 g/mol. The molecule has 0 saturated heterocycles. The second-order valence-corrected chi connectivity index (χ2v) is 1.83. The van der Waals surface area contributed by atoms with Gasteiger partial charge in [0, 0.05) is 0 Å². The van der Waals surface area contributed by atoms with E-state index in [-0.39, 0.29) is 0 Å². The van der Waals surface area contributed by atoms with Gasteiger partial charge in [-0.15, -0.1) is 4.91 Å². The van der Waals surface area contributed by atoms with Crippen LogP contribution in [-0.2, 0) is 0 Å². The molecular weight excluding hydrogens is 132 g/mol. The average molecular weight is 148 g/mol. The molecule has 0 aromatic rings. The van der Waals surface area contributed by atoms with Crippen molar-refractivity contribution in [2.75, 3.05) is 13.1 Å². The Balaban J connectivity index is 0. The molecule has 0 aromatic carbocycles. The molecule has 0 amide bonds. The quantitative estimate of drug-likeness (QED) is 0.361. The Hall–Kier alpha value is -0.640. The first-order valence-corrected chi connectivity index (χ1v) is 3.50. The van der Waals surface area contributed by atoms with Crippen LogP contribution in [0.15, 0.2) is 5.34 Å². The highest BCUT2D eigenvalue weighted by molar-refractivity contribution is 4.39. The molecule has 4 heteroatoms. The Labute approximate surface area is 61.6 Å². The standard InChI is InChI=1S/C6H15N.HNO2/c1-3-5-7-6-4-2;2-1-3/h7H,3-6H2,1-2H3;(H,2,3). The summed E-state index contributed by atoms with van der Waals surface area (Å²) in [4.78, 5) is 8.11. The predicted octanol–water partition coefficient (Wildman–Crippen LogP) is 1.54. The Morgan fingerprint density at radius 1 is 1.30 bits per heavy atom. The zero-order valence-electron chi connectivity index (χ0n) is 6.63. The highest BCUT2D eigenvalue weighted by Crippen LogP contribution is 1.71. The lowest BCUT2D eigenvalue weighted by Crippen LogP contribution is -2.14. The van der Waals surface area contributed by atoms with E-state index in [4.69, 9.17) is 10.1 Å². The van der Waals surface area contributed by atoms with E-state index in [9.17, 15) is 0 Å². The predicted molar refractivity (Wildman–Crippen MR) is 41.0 cm³/mol. The maximum atomic E-state index is 8.11. The highest BCUT2D eigenvalue weighted by Gasteiger charge is 1.76. The van der Waals surface area contributed by atoms with E-state index >= 15 is 0 Å². The van der Waals surface area contributed by atoms with Crippen LogP contribution in [0.3, 0.4) is 0 Å². The van der Waals surface area contributed by atoms with Gasteiger partial charge in [0.25, 0.3) is 0 Å². The van der Waals surface area contributed by atoms with E-state index in [1.54, 1.807) is 0 Å². The Morgan fingerprint density at radius 3 is 1.80 bits per heavy atom.